The Balaban J connectivity index is 0.00000132. The first kappa shape index (κ1) is 20.1. The highest BCUT2D eigenvalue weighted by Gasteiger charge is 2.30. The van der Waals surface area contributed by atoms with Gasteiger partial charge in [0.1, 0.15) is 0 Å². The molecule has 6 heteroatoms. The van der Waals surface area contributed by atoms with Gasteiger partial charge in [0, 0.05) is 43.8 Å². The number of amides is 1. The van der Waals surface area contributed by atoms with E-state index in [4.69, 9.17) is 5.73 Å². The molecule has 2 aliphatic rings. The number of halogens is 2. The summed E-state index contributed by atoms with van der Waals surface area (Å²) < 4.78 is 0. The number of piperazine rings is 1. The molecular formula is C17H27Cl2N3O. The van der Waals surface area contributed by atoms with Gasteiger partial charge in [0.15, 0.2) is 0 Å². The Labute approximate surface area is 151 Å². The maximum Gasteiger partial charge on any atom is 0.225 e. The van der Waals surface area contributed by atoms with Gasteiger partial charge >= 0.3 is 0 Å². The summed E-state index contributed by atoms with van der Waals surface area (Å²) in [5, 5.41) is 0. The highest BCUT2D eigenvalue weighted by Crippen LogP contribution is 2.26. The molecule has 1 amide bonds. The normalized spacial score (nSPS) is 24.4. The van der Waals surface area contributed by atoms with Crippen LogP contribution in [0.1, 0.15) is 25.7 Å². The molecule has 2 N–H and O–H groups in total. The molecule has 1 saturated heterocycles. The first-order valence-electron chi connectivity index (χ1n) is 8.08. The second-order valence-electron chi connectivity index (χ2n) is 6.27. The molecule has 1 aliphatic carbocycles. The van der Waals surface area contributed by atoms with E-state index in [1.54, 1.807) is 0 Å². The van der Waals surface area contributed by atoms with E-state index < -0.39 is 0 Å². The van der Waals surface area contributed by atoms with Crippen LogP contribution in [0.3, 0.4) is 0 Å². The largest absolute Gasteiger partial charge is 0.368 e. The Bertz CT molecular complexity index is 478. The van der Waals surface area contributed by atoms with Crippen LogP contribution in [0, 0.1) is 5.92 Å². The van der Waals surface area contributed by atoms with E-state index in [1.807, 2.05) is 11.0 Å². The second kappa shape index (κ2) is 9.36. The van der Waals surface area contributed by atoms with Crippen molar-refractivity contribution in [2.75, 3.05) is 31.1 Å². The molecule has 1 saturated carbocycles. The highest BCUT2D eigenvalue weighted by atomic mass is 35.5. The van der Waals surface area contributed by atoms with Crippen molar-refractivity contribution in [2.24, 2.45) is 11.7 Å². The van der Waals surface area contributed by atoms with E-state index >= 15 is 0 Å². The third-order valence-electron chi connectivity index (χ3n) is 4.78. The van der Waals surface area contributed by atoms with Crippen LogP contribution in [-0.4, -0.2) is 43.0 Å². The molecule has 2 atom stereocenters. The fraction of sp³-hybridized carbons (Fsp3) is 0.588. The maximum absolute atomic E-state index is 12.6. The zero-order valence-corrected chi connectivity index (χ0v) is 15.0. The van der Waals surface area contributed by atoms with Crippen LogP contribution in [-0.2, 0) is 4.79 Å². The summed E-state index contributed by atoms with van der Waals surface area (Å²) >= 11 is 0. The van der Waals surface area contributed by atoms with E-state index in [2.05, 4.69) is 29.2 Å². The van der Waals surface area contributed by atoms with E-state index in [0.717, 1.165) is 51.9 Å². The number of hydrogen-bond acceptors (Lipinski definition) is 3. The lowest BCUT2D eigenvalue weighted by molar-refractivity contribution is -0.137. The highest BCUT2D eigenvalue weighted by molar-refractivity contribution is 5.85. The molecule has 0 spiro atoms. The fourth-order valence-electron chi connectivity index (χ4n) is 3.53. The average Bonchev–Trinajstić information content (AvgIpc) is 2.55. The number of rotatable bonds is 2. The van der Waals surface area contributed by atoms with Gasteiger partial charge < -0.3 is 15.5 Å². The molecule has 1 aromatic carbocycles. The van der Waals surface area contributed by atoms with Gasteiger partial charge in [0.25, 0.3) is 0 Å². The lowest BCUT2D eigenvalue weighted by atomic mass is 9.85. The summed E-state index contributed by atoms with van der Waals surface area (Å²) in [5.74, 6) is 0.495. The van der Waals surface area contributed by atoms with Gasteiger partial charge in [-0.05, 0) is 31.4 Å². The van der Waals surface area contributed by atoms with E-state index in [9.17, 15) is 4.79 Å². The first-order valence-corrected chi connectivity index (χ1v) is 8.08. The number of benzene rings is 1. The standard InChI is InChI=1S/C17H25N3O.2ClH/c18-15-6-4-5-14(13-15)17(21)20-11-9-19(10-12-20)16-7-2-1-3-8-16;;/h1-3,7-8,14-15H,4-6,9-13,18H2;2*1H. The molecule has 23 heavy (non-hydrogen) atoms. The Morgan fingerprint density at radius 2 is 1.65 bits per heavy atom. The number of nitrogens with zero attached hydrogens (tertiary/aromatic N) is 2. The number of nitrogens with two attached hydrogens (primary N) is 1. The Morgan fingerprint density at radius 3 is 2.26 bits per heavy atom. The van der Waals surface area contributed by atoms with Crippen LogP contribution >= 0.6 is 24.8 Å². The monoisotopic (exact) mass is 359 g/mol. The molecule has 0 radical (unpaired) electrons. The lowest BCUT2D eigenvalue weighted by Crippen LogP contribution is -2.51. The third-order valence-corrected chi connectivity index (χ3v) is 4.78. The Kier molecular flexibility index (Phi) is 8.17. The lowest BCUT2D eigenvalue weighted by Gasteiger charge is -2.38. The predicted octanol–water partition coefficient (Wildman–Crippen LogP) is 2.70. The van der Waals surface area contributed by atoms with Gasteiger partial charge in [0.2, 0.25) is 5.91 Å². The second-order valence-corrected chi connectivity index (χ2v) is 6.27. The van der Waals surface area contributed by atoms with E-state index in [0.29, 0.717) is 5.91 Å². The van der Waals surface area contributed by atoms with Crippen molar-refractivity contribution in [3.63, 3.8) is 0 Å². The molecule has 0 bridgehead atoms. The van der Waals surface area contributed by atoms with Crippen molar-refractivity contribution >= 4 is 36.4 Å². The van der Waals surface area contributed by atoms with E-state index in [-0.39, 0.29) is 36.8 Å². The molecule has 1 aromatic rings. The van der Waals surface area contributed by atoms with Crippen molar-refractivity contribution in [1.29, 1.82) is 0 Å². The molecular weight excluding hydrogens is 333 g/mol. The molecule has 2 fully saturated rings. The minimum absolute atomic E-state index is 0. The fourth-order valence-corrected chi connectivity index (χ4v) is 3.53. The van der Waals surface area contributed by atoms with Crippen LogP contribution in [0.5, 0.6) is 0 Å². The number of carbonyl (C=O) groups excluding carboxylic acids is 1. The van der Waals surface area contributed by atoms with Gasteiger partial charge in [-0.3, -0.25) is 4.79 Å². The summed E-state index contributed by atoms with van der Waals surface area (Å²) in [5.41, 5.74) is 7.27. The van der Waals surface area contributed by atoms with Crippen molar-refractivity contribution in [1.82, 2.24) is 4.90 Å². The minimum atomic E-state index is 0. The quantitative estimate of drug-likeness (QED) is 0.882. The van der Waals surface area contributed by atoms with Gasteiger partial charge in [-0.25, -0.2) is 0 Å². The average molecular weight is 360 g/mol. The molecule has 2 unspecified atom stereocenters. The molecule has 4 nitrogen and oxygen atoms in total. The summed E-state index contributed by atoms with van der Waals surface area (Å²) in [7, 11) is 0. The molecule has 3 rings (SSSR count). The summed E-state index contributed by atoms with van der Waals surface area (Å²) in [6.07, 6.45) is 4.07. The molecule has 130 valence electrons. The number of carbonyl (C=O) groups is 1. The van der Waals surface area contributed by atoms with E-state index in [1.165, 1.54) is 5.69 Å². The van der Waals surface area contributed by atoms with Crippen LogP contribution < -0.4 is 10.6 Å². The minimum Gasteiger partial charge on any atom is -0.368 e. The number of anilines is 1. The number of para-hydroxylation sites is 1. The summed E-state index contributed by atoms with van der Waals surface area (Å²) in [6, 6.07) is 10.7. The predicted molar refractivity (Wildman–Crippen MR) is 99.7 cm³/mol. The van der Waals surface area contributed by atoms with Gasteiger partial charge in [-0.1, -0.05) is 24.6 Å². The zero-order valence-electron chi connectivity index (χ0n) is 13.4. The van der Waals surface area contributed by atoms with Gasteiger partial charge in [-0.2, -0.15) is 0 Å². The molecule has 1 heterocycles. The molecule has 1 aliphatic heterocycles. The molecule has 0 aromatic heterocycles. The first-order chi connectivity index (χ1) is 10.2. The Hall–Kier alpha value is -0.970. The smallest absolute Gasteiger partial charge is 0.225 e. The Morgan fingerprint density at radius 1 is 1.00 bits per heavy atom. The van der Waals surface area contributed by atoms with Crippen LogP contribution in [0.4, 0.5) is 5.69 Å². The SMILES string of the molecule is Cl.Cl.NC1CCCC(C(=O)N2CCN(c3ccccc3)CC2)C1. The van der Waals surface area contributed by atoms with Gasteiger partial charge in [0.05, 0.1) is 0 Å². The van der Waals surface area contributed by atoms with Crippen LogP contribution in [0.15, 0.2) is 30.3 Å². The maximum atomic E-state index is 12.6. The van der Waals surface area contributed by atoms with Gasteiger partial charge in [-0.15, -0.1) is 24.8 Å². The zero-order chi connectivity index (χ0) is 14.7. The van der Waals surface area contributed by atoms with Crippen molar-refractivity contribution in [3.8, 4) is 0 Å². The third kappa shape index (κ3) is 5.00. The van der Waals surface area contributed by atoms with Crippen LogP contribution in [0.2, 0.25) is 0 Å². The van der Waals surface area contributed by atoms with Crippen molar-refractivity contribution in [2.45, 2.75) is 31.7 Å². The number of hydrogen-bond donors (Lipinski definition) is 1. The van der Waals surface area contributed by atoms with Crippen LogP contribution in [0.25, 0.3) is 0 Å². The topological polar surface area (TPSA) is 49.6 Å². The summed E-state index contributed by atoms with van der Waals surface area (Å²) in [4.78, 5) is 17.0. The van der Waals surface area contributed by atoms with Crippen molar-refractivity contribution in [3.05, 3.63) is 30.3 Å². The summed E-state index contributed by atoms with van der Waals surface area (Å²) in [6.45, 7) is 3.52. The van der Waals surface area contributed by atoms with Crippen molar-refractivity contribution < 1.29 is 4.79 Å².